The van der Waals surface area contributed by atoms with Crippen LogP contribution in [0, 0.1) is 46.3 Å². The van der Waals surface area contributed by atoms with E-state index in [1.807, 2.05) is 6.92 Å². The molecule has 11 atom stereocenters. The molecule has 5 nitrogen and oxygen atoms in total. The first-order valence-corrected chi connectivity index (χ1v) is 11.3. The predicted octanol–water partition coefficient (Wildman–Crippen LogP) is 3.06. The smallest absolute Gasteiger partial charge is 0.303 e. The van der Waals surface area contributed by atoms with E-state index in [1.54, 1.807) is 0 Å². The number of aliphatic hydroxyl groups is 3. The summed E-state index contributed by atoms with van der Waals surface area (Å²) in [6.45, 7) is 6.52. The van der Waals surface area contributed by atoms with Crippen LogP contribution in [0.2, 0.25) is 0 Å². The van der Waals surface area contributed by atoms with E-state index in [-0.39, 0.29) is 59.0 Å². The van der Waals surface area contributed by atoms with Gasteiger partial charge in [-0.1, -0.05) is 20.8 Å². The number of carbonyl (C=O) groups is 1. The monoisotopic (exact) mass is 394 g/mol. The summed E-state index contributed by atoms with van der Waals surface area (Å²) >= 11 is 0. The average molecular weight is 395 g/mol. The number of hydrogen-bond donors (Lipinski definition) is 4. The summed E-state index contributed by atoms with van der Waals surface area (Å²) < 4.78 is 0. The highest BCUT2D eigenvalue weighted by atomic mass is 16.4. The van der Waals surface area contributed by atoms with E-state index < -0.39 is 12.1 Å². The summed E-state index contributed by atoms with van der Waals surface area (Å²) in [6.07, 6.45) is 5.02. The van der Waals surface area contributed by atoms with E-state index in [0.29, 0.717) is 12.3 Å². The molecule has 0 heterocycles. The Morgan fingerprint density at radius 3 is 2.43 bits per heavy atom. The second-order valence-corrected chi connectivity index (χ2v) is 11.1. The minimum absolute atomic E-state index is 0.0348. The number of fused-ring (bicyclic) bond motifs is 5. The Bertz CT molecular complexity index is 622. The van der Waals surface area contributed by atoms with Crippen molar-refractivity contribution in [3.05, 3.63) is 0 Å². The zero-order valence-electron chi connectivity index (χ0n) is 17.6. The van der Waals surface area contributed by atoms with E-state index in [0.717, 1.165) is 38.5 Å². The van der Waals surface area contributed by atoms with Gasteiger partial charge >= 0.3 is 5.97 Å². The second-order valence-electron chi connectivity index (χ2n) is 11.1. The number of hydrogen-bond acceptors (Lipinski definition) is 4. The first kappa shape index (κ1) is 20.6. The lowest BCUT2D eigenvalue weighted by Gasteiger charge is -2.63. The molecule has 5 heteroatoms. The third kappa shape index (κ3) is 2.87. The molecule has 28 heavy (non-hydrogen) atoms. The van der Waals surface area contributed by atoms with Gasteiger partial charge in [-0.05, 0) is 91.3 Å². The fraction of sp³-hybridized carbons (Fsp3) is 0.957. The first-order valence-electron chi connectivity index (χ1n) is 11.3. The molecule has 160 valence electrons. The molecule has 0 aromatic rings. The molecule has 0 amide bonds. The van der Waals surface area contributed by atoms with E-state index in [2.05, 4.69) is 13.8 Å². The van der Waals surface area contributed by atoms with Crippen molar-refractivity contribution < 1.29 is 25.2 Å². The summed E-state index contributed by atoms with van der Waals surface area (Å²) in [4.78, 5) is 11.3. The van der Waals surface area contributed by atoms with Gasteiger partial charge in [0.05, 0.1) is 18.3 Å². The lowest BCUT2D eigenvalue weighted by atomic mass is 9.43. The molecule has 4 fully saturated rings. The van der Waals surface area contributed by atoms with Gasteiger partial charge in [-0.25, -0.2) is 0 Å². The fourth-order valence-corrected chi connectivity index (χ4v) is 8.55. The Kier molecular flexibility index (Phi) is 5.12. The molecule has 0 radical (unpaired) electrons. The van der Waals surface area contributed by atoms with Crippen LogP contribution in [0.4, 0.5) is 0 Å². The van der Waals surface area contributed by atoms with Crippen molar-refractivity contribution >= 4 is 5.97 Å². The third-order valence-electron chi connectivity index (χ3n) is 10.0. The van der Waals surface area contributed by atoms with Crippen LogP contribution in [0.1, 0.15) is 72.1 Å². The van der Waals surface area contributed by atoms with E-state index >= 15 is 0 Å². The molecule has 0 bridgehead atoms. The van der Waals surface area contributed by atoms with E-state index in [4.69, 9.17) is 0 Å². The maximum atomic E-state index is 11.4. The van der Waals surface area contributed by atoms with Crippen molar-refractivity contribution in [3.63, 3.8) is 0 Å². The lowest BCUT2D eigenvalue weighted by Crippen LogP contribution is -2.62. The first-order chi connectivity index (χ1) is 13.1. The minimum atomic E-state index is -0.767. The molecular weight excluding hydrogens is 356 g/mol. The Morgan fingerprint density at radius 1 is 1.04 bits per heavy atom. The molecule has 4 aliphatic carbocycles. The van der Waals surface area contributed by atoms with Crippen LogP contribution in [0.5, 0.6) is 0 Å². The summed E-state index contributed by atoms with van der Waals surface area (Å²) in [5, 5.41) is 42.1. The van der Waals surface area contributed by atoms with Crippen molar-refractivity contribution in [1.29, 1.82) is 0 Å². The zero-order chi connectivity index (χ0) is 20.4. The highest BCUT2D eigenvalue weighted by Gasteiger charge is 2.65. The molecule has 0 spiro atoms. The third-order valence-corrected chi connectivity index (χ3v) is 10.0. The van der Waals surface area contributed by atoms with Crippen LogP contribution in [0.25, 0.3) is 0 Å². The molecule has 4 saturated carbocycles. The molecule has 0 aromatic heterocycles. The predicted molar refractivity (Wildman–Crippen MR) is 105 cm³/mol. The summed E-state index contributed by atoms with van der Waals surface area (Å²) in [6, 6.07) is 0. The molecule has 0 aliphatic heterocycles. The van der Waals surface area contributed by atoms with Crippen molar-refractivity contribution in [3.8, 4) is 0 Å². The standard InChI is InChI=1S/C23H38O5/c1-12(8-20(27)28)15-4-5-16-21-17(11-19(26)23(15,16)3)22(2)7-6-14(24)9-13(22)10-18(21)25/h12-19,21,24-26H,4-11H2,1-3H3,(H,27,28)/t12-,13?,14-,15-,16+,17+,18-,19+,21+,22+,23-/m1/s1. The van der Waals surface area contributed by atoms with Crippen molar-refractivity contribution in [2.75, 3.05) is 0 Å². The fourth-order valence-electron chi connectivity index (χ4n) is 8.55. The number of carboxylic acids is 1. The van der Waals surface area contributed by atoms with Gasteiger partial charge in [0.15, 0.2) is 0 Å². The average Bonchev–Trinajstić information content (AvgIpc) is 2.95. The number of rotatable bonds is 3. The van der Waals surface area contributed by atoms with Crippen LogP contribution in [0.15, 0.2) is 0 Å². The van der Waals surface area contributed by atoms with Crippen LogP contribution in [-0.2, 0) is 4.79 Å². The zero-order valence-corrected chi connectivity index (χ0v) is 17.6. The number of carboxylic acid groups (broad SMARTS) is 1. The molecule has 4 N–H and O–H groups in total. The molecule has 0 aromatic carbocycles. The highest BCUT2D eigenvalue weighted by Crippen LogP contribution is 2.68. The van der Waals surface area contributed by atoms with Crippen molar-refractivity contribution in [2.45, 2.75) is 90.4 Å². The topological polar surface area (TPSA) is 98.0 Å². The van der Waals surface area contributed by atoms with Gasteiger partial charge in [0.25, 0.3) is 0 Å². The SMILES string of the molecule is C[C@H](CC(=O)O)[C@H]1CC[C@H]2[C@@H]3[C@H](O)CC4C[C@H](O)CC[C@]4(C)[C@H]3C[C@H](O)[C@]12C. The lowest BCUT2D eigenvalue weighted by molar-refractivity contribution is -0.207. The number of aliphatic carboxylic acids is 1. The van der Waals surface area contributed by atoms with Gasteiger partial charge in [-0.3, -0.25) is 4.79 Å². The van der Waals surface area contributed by atoms with Crippen LogP contribution in [-0.4, -0.2) is 44.7 Å². The maximum Gasteiger partial charge on any atom is 0.303 e. The number of aliphatic hydroxyl groups excluding tert-OH is 3. The van der Waals surface area contributed by atoms with Gasteiger partial charge in [-0.2, -0.15) is 0 Å². The van der Waals surface area contributed by atoms with Crippen molar-refractivity contribution in [1.82, 2.24) is 0 Å². The van der Waals surface area contributed by atoms with Crippen LogP contribution >= 0.6 is 0 Å². The van der Waals surface area contributed by atoms with E-state index in [9.17, 15) is 25.2 Å². The molecule has 4 rings (SSSR count). The highest BCUT2D eigenvalue weighted by molar-refractivity contribution is 5.67. The quantitative estimate of drug-likeness (QED) is 0.590. The molecule has 1 unspecified atom stereocenters. The van der Waals surface area contributed by atoms with Gasteiger partial charge in [0, 0.05) is 6.42 Å². The van der Waals surface area contributed by atoms with Gasteiger partial charge < -0.3 is 20.4 Å². The summed E-state index contributed by atoms with van der Waals surface area (Å²) in [5.41, 5.74) is -0.232. The molecule has 4 aliphatic rings. The second kappa shape index (κ2) is 6.95. The van der Waals surface area contributed by atoms with Gasteiger partial charge in [-0.15, -0.1) is 0 Å². The Balaban J connectivity index is 1.65. The van der Waals surface area contributed by atoms with Crippen molar-refractivity contribution in [2.24, 2.45) is 46.3 Å². The molecule has 0 saturated heterocycles. The Hall–Kier alpha value is -0.650. The summed E-state index contributed by atoms with van der Waals surface area (Å²) in [5.74, 6) is 0.510. The normalized spacial score (nSPS) is 54.4. The Labute approximate surface area is 168 Å². The maximum absolute atomic E-state index is 11.4. The largest absolute Gasteiger partial charge is 0.481 e. The minimum Gasteiger partial charge on any atom is -0.481 e. The van der Waals surface area contributed by atoms with Gasteiger partial charge in [0.2, 0.25) is 0 Å². The van der Waals surface area contributed by atoms with Crippen LogP contribution < -0.4 is 0 Å². The summed E-state index contributed by atoms with van der Waals surface area (Å²) in [7, 11) is 0. The molecular formula is C23H38O5. The van der Waals surface area contributed by atoms with Crippen LogP contribution in [0.3, 0.4) is 0 Å². The van der Waals surface area contributed by atoms with Gasteiger partial charge in [0.1, 0.15) is 0 Å². The Morgan fingerprint density at radius 2 is 1.75 bits per heavy atom. The van der Waals surface area contributed by atoms with E-state index in [1.165, 1.54) is 0 Å².